The zero-order chi connectivity index (χ0) is 19.1. The van der Waals surface area contributed by atoms with Crippen molar-refractivity contribution in [3.63, 3.8) is 0 Å². The van der Waals surface area contributed by atoms with Crippen LogP contribution >= 0.6 is 0 Å². The Bertz CT molecular complexity index is 854. The Hall–Kier alpha value is -3.26. The van der Waals surface area contributed by atoms with Crippen LogP contribution < -0.4 is 11.1 Å². The predicted molar refractivity (Wildman–Crippen MR) is 109 cm³/mol. The average Bonchev–Trinajstić information content (AvgIpc) is 2.72. The van der Waals surface area contributed by atoms with Gasteiger partial charge in [0, 0.05) is 35.5 Å². The van der Waals surface area contributed by atoms with Crippen LogP contribution in [0.5, 0.6) is 0 Å². The van der Waals surface area contributed by atoms with Gasteiger partial charge in [-0.2, -0.15) is 0 Å². The zero-order valence-corrected chi connectivity index (χ0v) is 15.3. The standard InChI is InChI=1S/C22H24N4O/c23-21(24)18-10-12-20(13-11-18)25-14-4-5-17-6-8-19(9-7-17)22(27)26-15-2-1-3-16-26/h6-13,25H,1-3,14-16H2,(H3,23,24). The number of nitrogen functional groups attached to an aromatic ring is 1. The molecule has 27 heavy (non-hydrogen) atoms. The minimum absolute atomic E-state index is 0.0588. The Morgan fingerprint density at radius 1 is 1.00 bits per heavy atom. The molecule has 0 aromatic heterocycles. The number of hydrogen-bond acceptors (Lipinski definition) is 3. The van der Waals surface area contributed by atoms with Gasteiger partial charge in [0.1, 0.15) is 5.84 Å². The highest BCUT2D eigenvalue weighted by Crippen LogP contribution is 2.13. The number of likely N-dealkylation sites (tertiary alicyclic amines) is 1. The lowest BCUT2D eigenvalue weighted by Crippen LogP contribution is -2.35. The second kappa shape index (κ2) is 8.91. The molecule has 1 heterocycles. The maximum Gasteiger partial charge on any atom is 0.253 e. The van der Waals surface area contributed by atoms with Crippen molar-refractivity contribution < 1.29 is 4.79 Å². The number of rotatable bonds is 4. The first-order valence-corrected chi connectivity index (χ1v) is 9.20. The summed E-state index contributed by atoms with van der Waals surface area (Å²) in [6.07, 6.45) is 3.41. The second-order valence-electron chi connectivity index (χ2n) is 6.58. The molecule has 1 saturated heterocycles. The van der Waals surface area contributed by atoms with Crippen LogP contribution in [0.25, 0.3) is 0 Å². The molecule has 1 amide bonds. The molecule has 0 saturated carbocycles. The summed E-state index contributed by atoms with van der Waals surface area (Å²) >= 11 is 0. The first kappa shape index (κ1) is 18.5. The van der Waals surface area contributed by atoms with E-state index in [1.807, 2.05) is 41.3 Å². The van der Waals surface area contributed by atoms with Crippen molar-refractivity contribution in [2.75, 3.05) is 25.0 Å². The fraction of sp³-hybridized carbons (Fsp3) is 0.273. The molecule has 0 spiro atoms. The van der Waals surface area contributed by atoms with Gasteiger partial charge in [-0.15, -0.1) is 0 Å². The van der Waals surface area contributed by atoms with Gasteiger partial charge in [-0.1, -0.05) is 11.8 Å². The first-order valence-electron chi connectivity index (χ1n) is 9.20. The highest BCUT2D eigenvalue weighted by Gasteiger charge is 2.17. The lowest BCUT2D eigenvalue weighted by atomic mass is 10.1. The number of anilines is 1. The van der Waals surface area contributed by atoms with Crippen LogP contribution in [0, 0.1) is 17.3 Å². The summed E-state index contributed by atoms with van der Waals surface area (Å²) in [6.45, 7) is 2.23. The Morgan fingerprint density at radius 2 is 1.63 bits per heavy atom. The Labute approximate surface area is 160 Å². The van der Waals surface area contributed by atoms with Gasteiger partial charge in [0.05, 0.1) is 6.54 Å². The number of nitrogens with zero attached hydrogens (tertiary/aromatic N) is 1. The molecular formula is C22H24N4O. The van der Waals surface area contributed by atoms with E-state index in [0.717, 1.165) is 42.7 Å². The number of carbonyl (C=O) groups is 1. The summed E-state index contributed by atoms with van der Waals surface area (Å²) in [4.78, 5) is 14.4. The normalized spacial score (nSPS) is 13.4. The zero-order valence-electron chi connectivity index (χ0n) is 15.3. The van der Waals surface area contributed by atoms with E-state index >= 15 is 0 Å². The predicted octanol–water partition coefficient (Wildman–Crippen LogP) is 3.06. The van der Waals surface area contributed by atoms with E-state index in [2.05, 4.69) is 17.2 Å². The Morgan fingerprint density at radius 3 is 2.26 bits per heavy atom. The van der Waals surface area contributed by atoms with Crippen LogP contribution in [0.1, 0.15) is 40.7 Å². The molecule has 3 rings (SSSR count). The van der Waals surface area contributed by atoms with Crippen LogP contribution in [0.4, 0.5) is 5.69 Å². The van der Waals surface area contributed by atoms with Crippen LogP contribution in [-0.2, 0) is 0 Å². The van der Waals surface area contributed by atoms with E-state index in [1.165, 1.54) is 6.42 Å². The third kappa shape index (κ3) is 5.11. The van der Waals surface area contributed by atoms with E-state index in [-0.39, 0.29) is 11.7 Å². The molecule has 2 aromatic carbocycles. The van der Waals surface area contributed by atoms with Gasteiger partial charge in [0.25, 0.3) is 5.91 Å². The van der Waals surface area contributed by atoms with Crippen LogP contribution in [0.15, 0.2) is 48.5 Å². The molecule has 4 N–H and O–H groups in total. The quantitative estimate of drug-likeness (QED) is 0.445. The number of nitrogens with two attached hydrogens (primary N) is 1. The van der Waals surface area contributed by atoms with Crippen LogP contribution in [0.3, 0.4) is 0 Å². The first-order chi connectivity index (χ1) is 13.1. The van der Waals surface area contributed by atoms with Crippen molar-refractivity contribution in [3.05, 3.63) is 65.2 Å². The van der Waals surface area contributed by atoms with E-state index in [9.17, 15) is 4.79 Å². The van der Waals surface area contributed by atoms with Crippen LogP contribution in [-0.4, -0.2) is 36.3 Å². The van der Waals surface area contributed by atoms with E-state index < -0.39 is 0 Å². The molecule has 0 radical (unpaired) electrons. The highest BCUT2D eigenvalue weighted by atomic mass is 16.2. The minimum Gasteiger partial charge on any atom is -0.384 e. The van der Waals surface area contributed by atoms with Crippen LogP contribution in [0.2, 0.25) is 0 Å². The molecule has 0 bridgehead atoms. The molecule has 0 atom stereocenters. The average molecular weight is 360 g/mol. The topological polar surface area (TPSA) is 82.2 Å². The number of amides is 1. The largest absolute Gasteiger partial charge is 0.384 e. The van der Waals surface area contributed by atoms with Gasteiger partial charge >= 0.3 is 0 Å². The van der Waals surface area contributed by atoms with Gasteiger partial charge in [0.2, 0.25) is 0 Å². The lowest BCUT2D eigenvalue weighted by Gasteiger charge is -2.26. The fourth-order valence-electron chi connectivity index (χ4n) is 3.04. The summed E-state index contributed by atoms with van der Waals surface area (Å²) in [5.41, 5.74) is 8.68. The fourth-order valence-corrected chi connectivity index (χ4v) is 3.04. The molecule has 1 aliphatic heterocycles. The molecule has 1 aliphatic rings. The van der Waals surface area contributed by atoms with Gasteiger partial charge in [0.15, 0.2) is 0 Å². The minimum atomic E-state index is 0.0588. The van der Waals surface area contributed by atoms with Crippen molar-refractivity contribution in [3.8, 4) is 11.8 Å². The highest BCUT2D eigenvalue weighted by molar-refractivity contribution is 5.95. The van der Waals surface area contributed by atoms with E-state index in [1.54, 1.807) is 12.1 Å². The lowest BCUT2D eigenvalue weighted by molar-refractivity contribution is 0.0724. The number of hydrogen-bond donors (Lipinski definition) is 3. The van der Waals surface area contributed by atoms with Gasteiger partial charge in [-0.3, -0.25) is 10.2 Å². The number of piperidine rings is 1. The molecular weight excluding hydrogens is 336 g/mol. The third-order valence-electron chi connectivity index (χ3n) is 4.58. The summed E-state index contributed by atoms with van der Waals surface area (Å²) in [5, 5.41) is 10.6. The molecule has 0 unspecified atom stereocenters. The Kier molecular flexibility index (Phi) is 6.11. The number of benzene rings is 2. The molecule has 5 nitrogen and oxygen atoms in total. The summed E-state index contributed by atoms with van der Waals surface area (Å²) in [7, 11) is 0. The number of amidine groups is 1. The smallest absolute Gasteiger partial charge is 0.253 e. The molecule has 1 fully saturated rings. The molecule has 2 aromatic rings. The van der Waals surface area contributed by atoms with Gasteiger partial charge in [-0.25, -0.2) is 0 Å². The maximum atomic E-state index is 12.5. The third-order valence-corrected chi connectivity index (χ3v) is 4.58. The summed E-state index contributed by atoms with van der Waals surface area (Å²) in [5.74, 6) is 6.35. The summed E-state index contributed by atoms with van der Waals surface area (Å²) < 4.78 is 0. The van der Waals surface area contributed by atoms with Crippen molar-refractivity contribution in [2.45, 2.75) is 19.3 Å². The molecule has 0 aliphatic carbocycles. The van der Waals surface area contributed by atoms with Crippen molar-refractivity contribution in [1.82, 2.24) is 4.90 Å². The van der Waals surface area contributed by atoms with Crippen molar-refractivity contribution >= 4 is 17.4 Å². The van der Waals surface area contributed by atoms with E-state index in [4.69, 9.17) is 11.1 Å². The summed E-state index contributed by atoms with van der Waals surface area (Å²) in [6, 6.07) is 14.9. The van der Waals surface area contributed by atoms with Crippen molar-refractivity contribution in [2.24, 2.45) is 5.73 Å². The Balaban J connectivity index is 1.52. The molecule has 5 heteroatoms. The number of carbonyl (C=O) groups excluding carboxylic acids is 1. The molecule has 138 valence electrons. The van der Waals surface area contributed by atoms with E-state index in [0.29, 0.717) is 12.1 Å². The monoisotopic (exact) mass is 360 g/mol. The van der Waals surface area contributed by atoms with Gasteiger partial charge < -0.3 is 16.0 Å². The number of nitrogens with one attached hydrogen (secondary N) is 2. The van der Waals surface area contributed by atoms with Gasteiger partial charge in [-0.05, 0) is 67.8 Å². The SMILES string of the molecule is N=C(N)c1ccc(NCC#Cc2ccc(C(=O)N3CCCCC3)cc2)cc1. The van der Waals surface area contributed by atoms with Crippen molar-refractivity contribution in [1.29, 1.82) is 5.41 Å². The maximum absolute atomic E-state index is 12.5. The second-order valence-corrected chi connectivity index (χ2v) is 6.58.